The fraction of sp³-hybridized carbons (Fsp3) is 0.846. The van der Waals surface area contributed by atoms with Crippen molar-refractivity contribution in [1.82, 2.24) is 36.8 Å². The monoisotopic (exact) mass is 1100 g/mol. The minimum Gasteiger partial charge on any atom is -0.491 e. The number of hydrogen-bond acceptors (Lipinski definition) is 19. The molecule has 0 bridgehead atoms. The van der Waals surface area contributed by atoms with Crippen LogP contribution in [0.1, 0.15) is 143 Å². The number of ether oxygens (including phenoxy) is 8. The summed E-state index contributed by atoms with van der Waals surface area (Å²) in [5.74, 6) is -1.80. The number of carbonyl (C=O) groups excluding carboxylic acids is 6. The normalized spacial score (nSPS) is 30.9. The van der Waals surface area contributed by atoms with Gasteiger partial charge in [0.1, 0.15) is 63.3 Å². The predicted molar refractivity (Wildman–Crippen MR) is 278 cm³/mol. The minimum absolute atomic E-state index is 0.124. The lowest BCUT2D eigenvalue weighted by Crippen LogP contribution is -2.72. The van der Waals surface area contributed by atoms with Crippen LogP contribution in [0.3, 0.4) is 0 Å². The molecule has 77 heavy (non-hydrogen) atoms. The Bertz CT molecular complexity index is 2080. The van der Waals surface area contributed by atoms with Crippen molar-refractivity contribution in [1.29, 1.82) is 0 Å². The highest BCUT2D eigenvalue weighted by Gasteiger charge is 2.58. The van der Waals surface area contributed by atoms with Gasteiger partial charge in [-0.25, -0.2) is 24.0 Å². The van der Waals surface area contributed by atoms with Crippen LogP contribution in [0, 0.1) is 5.92 Å². The predicted octanol–water partition coefficient (Wildman–Crippen LogP) is 3.32. The number of aliphatic hydroxyl groups excluding tert-OH is 2. The smallest absolute Gasteiger partial charge is 0.410 e. The van der Waals surface area contributed by atoms with Crippen LogP contribution in [0.25, 0.3) is 0 Å². The van der Waals surface area contributed by atoms with Crippen molar-refractivity contribution in [3.05, 3.63) is 11.8 Å². The van der Waals surface area contributed by atoms with Gasteiger partial charge in [-0.15, -0.1) is 0 Å². The van der Waals surface area contributed by atoms with Gasteiger partial charge in [-0.3, -0.25) is 4.79 Å². The summed E-state index contributed by atoms with van der Waals surface area (Å²) in [5, 5.41) is 65.6. The van der Waals surface area contributed by atoms with E-state index in [4.69, 9.17) is 37.9 Å². The Morgan fingerprint density at radius 1 is 0.675 bits per heavy atom. The maximum atomic E-state index is 14.3. The lowest BCUT2D eigenvalue weighted by atomic mass is 9.71. The number of alkyl carbamates (subject to hydrolysis) is 4. The van der Waals surface area contributed by atoms with Crippen molar-refractivity contribution >= 4 is 36.4 Å². The van der Waals surface area contributed by atoms with Crippen LogP contribution < -0.4 is 31.9 Å². The number of amides is 6. The van der Waals surface area contributed by atoms with Crippen molar-refractivity contribution in [3.8, 4) is 0 Å². The minimum atomic E-state index is -2.05. The lowest BCUT2D eigenvalue weighted by Gasteiger charge is -2.52. The molecule has 0 radical (unpaired) electrons. The lowest BCUT2D eigenvalue weighted by molar-refractivity contribution is -0.306. The van der Waals surface area contributed by atoms with Gasteiger partial charge >= 0.3 is 30.5 Å². The van der Waals surface area contributed by atoms with E-state index in [0.717, 1.165) is 4.90 Å². The Kier molecular flexibility index (Phi) is 21.0. The number of hydrogen-bond donors (Lipinski definition) is 10. The third-order valence-corrected chi connectivity index (χ3v) is 12.5. The Balaban J connectivity index is 1.77. The molecule has 11 atom stereocenters. The number of aliphatic hydroxyl groups is 4. The molecule has 0 aromatic rings. The Hall–Kier alpha value is -4.92. The zero-order valence-electron chi connectivity index (χ0n) is 48.2. The second-order valence-electron chi connectivity index (χ2n) is 25.8. The standard InChI is InChI=1S/C52H91N7O18/c1-46(2,3)73-41(63)54-22-18-21-53-26-29-19-20-30(57-43(65)75-48(7,8)9)36(71-29)33-31(58-44(66)76-49(10,11)12)23-32(56-40(62)52(69)24-28(25-52)55-42(64)74-47(4,5)6)37(34(33)60)72-39-35(61)38(51(16,68)27-70-39)59(17)45(67)77-50(13,14)15/h19,28,30-39,53,60-61,68-69H,18,20-27H2,1-17H3,(H,54,63)(H,55,64)(H,56,62)(H,57,65)(H,58,66)/t28?,30-,31+,32-,33-,34+,35-,36?,37+,38-,39-,51+,52?/m1/s1. The number of carbonyl (C=O) groups is 6. The summed E-state index contributed by atoms with van der Waals surface area (Å²) >= 11 is 0. The van der Waals surface area contributed by atoms with Gasteiger partial charge in [0.15, 0.2) is 6.29 Å². The molecule has 2 aliphatic carbocycles. The zero-order valence-corrected chi connectivity index (χ0v) is 48.2. The molecule has 10 N–H and O–H groups in total. The molecule has 4 rings (SSSR count). The molecule has 3 fully saturated rings. The number of likely N-dealkylation sites (N-methyl/N-ethyl adjacent to an activating group) is 1. The van der Waals surface area contributed by atoms with Crippen molar-refractivity contribution in [2.75, 3.05) is 33.3 Å². The highest BCUT2D eigenvalue weighted by Crippen LogP contribution is 2.40. The Morgan fingerprint density at radius 2 is 1.18 bits per heavy atom. The van der Waals surface area contributed by atoms with Crippen molar-refractivity contribution in [2.24, 2.45) is 5.92 Å². The average Bonchev–Trinajstić information content (AvgIpc) is 3.20. The Labute approximate surface area is 453 Å². The molecule has 1 saturated heterocycles. The van der Waals surface area contributed by atoms with Crippen LogP contribution in [0.15, 0.2) is 11.8 Å². The molecule has 25 nitrogen and oxygen atoms in total. The molecular weight excluding hydrogens is 1010 g/mol. The molecule has 2 saturated carbocycles. The first-order chi connectivity index (χ1) is 35.0. The van der Waals surface area contributed by atoms with Gasteiger partial charge in [-0.1, -0.05) is 0 Å². The summed E-state index contributed by atoms with van der Waals surface area (Å²) in [4.78, 5) is 81.0. The first kappa shape index (κ1) is 64.6. The van der Waals surface area contributed by atoms with Crippen LogP contribution in [0.5, 0.6) is 0 Å². The van der Waals surface area contributed by atoms with E-state index in [-0.39, 0.29) is 32.2 Å². The van der Waals surface area contributed by atoms with E-state index in [1.165, 1.54) is 14.0 Å². The fourth-order valence-corrected chi connectivity index (χ4v) is 9.44. The molecule has 25 heteroatoms. The summed E-state index contributed by atoms with van der Waals surface area (Å²) in [6.07, 6.45) is -10.5. The third-order valence-electron chi connectivity index (χ3n) is 12.5. The van der Waals surface area contributed by atoms with Crippen molar-refractivity contribution < 1.29 is 87.1 Å². The first-order valence-corrected chi connectivity index (χ1v) is 26.4. The maximum absolute atomic E-state index is 14.3. The fourth-order valence-electron chi connectivity index (χ4n) is 9.44. The van der Waals surface area contributed by atoms with Crippen LogP contribution in [0.4, 0.5) is 24.0 Å². The number of rotatable bonds is 15. The van der Waals surface area contributed by atoms with Crippen LogP contribution >= 0.6 is 0 Å². The van der Waals surface area contributed by atoms with Crippen LogP contribution in [-0.4, -0.2) is 195 Å². The molecule has 0 aromatic carbocycles. The topological polar surface area (TPSA) is 333 Å². The summed E-state index contributed by atoms with van der Waals surface area (Å²) in [7, 11) is 1.32. The second kappa shape index (κ2) is 25.0. The summed E-state index contributed by atoms with van der Waals surface area (Å²) in [6, 6.07) is -5.54. The van der Waals surface area contributed by atoms with E-state index in [1.807, 2.05) is 0 Å². The van der Waals surface area contributed by atoms with Gasteiger partial charge in [-0.2, -0.15) is 0 Å². The molecule has 2 aliphatic heterocycles. The largest absolute Gasteiger partial charge is 0.491 e. The van der Waals surface area contributed by atoms with E-state index in [0.29, 0.717) is 25.3 Å². The van der Waals surface area contributed by atoms with E-state index in [2.05, 4.69) is 31.9 Å². The van der Waals surface area contributed by atoms with Gasteiger partial charge in [0.25, 0.3) is 5.91 Å². The van der Waals surface area contributed by atoms with Crippen LogP contribution in [0.2, 0.25) is 0 Å². The number of nitrogens with zero attached hydrogens (tertiary/aromatic N) is 1. The van der Waals surface area contributed by atoms with Crippen molar-refractivity contribution in [3.63, 3.8) is 0 Å². The molecule has 442 valence electrons. The number of nitrogens with one attached hydrogen (secondary N) is 6. The molecule has 0 spiro atoms. The molecule has 6 amide bonds. The molecule has 2 heterocycles. The zero-order chi connectivity index (χ0) is 58.4. The highest BCUT2D eigenvalue weighted by molar-refractivity contribution is 5.87. The van der Waals surface area contributed by atoms with Gasteiger partial charge in [0.05, 0.1) is 37.4 Å². The third kappa shape index (κ3) is 20.0. The Morgan fingerprint density at radius 3 is 1.71 bits per heavy atom. The van der Waals surface area contributed by atoms with E-state index in [1.54, 1.807) is 110 Å². The summed E-state index contributed by atoms with van der Waals surface area (Å²) in [6.45, 7) is 27.0. The second-order valence-corrected chi connectivity index (χ2v) is 25.8. The summed E-state index contributed by atoms with van der Waals surface area (Å²) < 4.78 is 46.8. The first-order valence-electron chi connectivity index (χ1n) is 26.4. The van der Waals surface area contributed by atoms with E-state index >= 15 is 0 Å². The van der Waals surface area contributed by atoms with Gasteiger partial charge < -0.3 is 95.1 Å². The van der Waals surface area contributed by atoms with Gasteiger partial charge in [0.2, 0.25) is 0 Å². The van der Waals surface area contributed by atoms with E-state index in [9.17, 15) is 49.2 Å². The SMILES string of the molecule is CN(C(=O)OC(C)(C)C)[C@@H]1[C@@H](O)[C@@H](O[C@@H]2[C@@H](O)[C@H](C3OC(CNCCCNC(=O)OC(C)(C)C)=CC[C@H]3NC(=O)OC(C)(C)C)[C@@H](NC(=O)OC(C)(C)C)C[C@H]2NC(=O)C2(O)CC(NC(=O)OC(C)(C)C)C2)OC[C@]1(C)O. The van der Waals surface area contributed by atoms with E-state index < -0.39 is 149 Å². The molecule has 4 aliphatic rings. The summed E-state index contributed by atoms with van der Waals surface area (Å²) in [5.41, 5.74) is -8.30. The molecule has 0 aromatic heterocycles. The maximum Gasteiger partial charge on any atom is 0.410 e. The molecule has 1 unspecified atom stereocenters. The molecular formula is C52H91N7O18. The van der Waals surface area contributed by atoms with Crippen LogP contribution in [-0.2, 0) is 42.7 Å². The quantitative estimate of drug-likeness (QED) is 0.0830. The highest BCUT2D eigenvalue weighted by atomic mass is 16.7. The van der Waals surface area contributed by atoms with Gasteiger partial charge in [0, 0.05) is 44.4 Å². The average molecular weight is 1100 g/mol. The van der Waals surface area contributed by atoms with Gasteiger partial charge in [-0.05, 0) is 143 Å². The van der Waals surface area contributed by atoms with Crippen molar-refractivity contribution in [2.45, 2.75) is 243 Å².